The van der Waals surface area contributed by atoms with Crippen LogP contribution >= 0.6 is 0 Å². The van der Waals surface area contributed by atoms with Crippen molar-refractivity contribution >= 4 is 11.6 Å². The second-order valence-electron chi connectivity index (χ2n) is 7.24. The van der Waals surface area contributed by atoms with Gasteiger partial charge < -0.3 is 19.5 Å². The normalized spacial score (nSPS) is 14.9. The van der Waals surface area contributed by atoms with Crippen molar-refractivity contribution in [3.05, 3.63) is 48.0 Å². The van der Waals surface area contributed by atoms with Crippen LogP contribution in [0, 0.1) is 0 Å². The van der Waals surface area contributed by atoms with E-state index in [-0.39, 0.29) is 5.91 Å². The number of amides is 1. The summed E-state index contributed by atoms with van der Waals surface area (Å²) < 4.78 is 16.1. The van der Waals surface area contributed by atoms with Gasteiger partial charge in [-0.15, -0.1) is 0 Å². The summed E-state index contributed by atoms with van der Waals surface area (Å²) >= 11 is 0. The molecule has 1 aliphatic heterocycles. The minimum absolute atomic E-state index is 0.0542. The summed E-state index contributed by atoms with van der Waals surface area (Å²) in [6.07, 6.45) is 0. The highest BCUT2D eigenvalue weighted by Gasteiger charge is 2.20. The van der Waals surface area contributed by atoms with Gasteiger partial charge in [-0.1, -0.05) is 12.1 Å². The maximum Gasteiger partial charge on any atom is 0.238 e. The fraction of sp³-hybridized carbons (Fsp3) is 0.435. The van der Waals surface area contributed by atoms with E-state index in [1.807, 2.05) is 19.1 Å². The summed E-state index contributed by atoms with van der Waals surface area (Å²) in [6.45, 7) is 7.52. The first-order chi connectivity index (χ1) is 14.6. The highest BCUT2D eigenvalue weighted by molar-refractivity contribution is 5.94. The lowest BCUT2D eigenvalue weighted by Crippen LogP contribution is -2.48. The molecule has 1 amide bonds. The maximum atomic E-state index is 12.5. The SMILES string of the molecule is CCOc1ccc(CN2CCN(CC(=O)Nc3cc(OC)ccc3OC)CC2)cc1. The summed E-state index contributed by atoms with van der Waals surface area (Å²) in [4.78, 5) is 17.1. The third-order valence-corrected chi connectivity index (χ3v) is 5.15. The molecule has 3 rings (SSSR count). The molecule has 0 spiro atoms. The average molecular weight is 414 g/mol. The second kappa shape index (κ2) is 10.8. The molecule has 0 bridgehead atoms. The number of hydrogen-bond donors (Lipinski definition) is 1. The highest BCUT2D eigenvalue weighted by atomic mass is 16.5. The number of carbonyl (C=O) groups is 1. The molecule has 2 aromatic carbocycles. The van der Waals surface area contributed by atoms with Crippen molar-refractivity contribution in [2.45, 2.75) is 13.5 Å². The van der Waals surface area contributed by atoms with Gasteiger partial charge in [-0.05, 0) is 36.8 Å². The number of piperazine rings is 1. The number of ether oxygens (including phenoxy) is 3. The van der Waals surface area contributed by atoms with Crippen LogP contribution in [-0.4, -0.2) is 69.3 Å². The molecule has 1 N–H and O–H groups in total. The molecule has 0 atom stereocenters. The number of carbonyl (C=O) groups excluding carboxylic acids is 1. The van der Waals surface area contributed by atoms with Crippen LogP contribution in [0.5, 0.6) is 17.2 Å². The summed E-state index contributed by atoms with van der Waals surface area (Å²) in [5.74, 6) is 2.14. The predicted octanol–water partition coefficient (Wildman–Crippen LogP) is 2.86. The van der Waals surface area contributed by atoms with Crippen LogP contribution in [0.1, 0.15) is 12.5 Å². The molecule has 7 nitrogen and oxygen atoms in total. The first-order valence-corrected chi connectivity index (χ1v) is 10.3. The standard InChI is InChI=1S/C23H31N3O4/c1-4-30-19-7-5-18(6-8-19)16-25-11-13-26(14-12-25)17-23(27)24-21-15-20(28-2)9-10-22(21)29-3/h5-10,15H,4,11-14,16-17H2,1-3H3,(H,24,27). The Hall–Kier alpha value is -2.77. The Bertz CT molecular complexity index is 818. The molecule has 1 aliphatic rings. The zero-order valence-electron chi connectivity index (χ0n) is 18.0. The van der Waals surface area contributed by atoms with Gasteiger partial charge in [-0.2, -0.15) is 0 Å². The van der Waals surface area contributed by atoms with Gasteiger partial charge in [-0.25, -0.2) is 0 Å². The molecular weight excluding hydrogens is 382 g/mol. The Morgan fingerprint density at radius 1 is 0.933 bits per heavy atom. The lowest BCUT2D eigenvalue weighted by atomic mass is 10.2. The topological polar surface area (TPSA) is 63.3 Å². The van der Waals surface area contributed by atoms with Crippen molar-refractivity contribution in [2.24, 2.45) is 0 Å². The molecule has 0 aliphatic carbocycles. The van der Waals surface area contributed by atoms with Gasteiger partial charge in [0, 0.05) is 38.8 Å². The van der Waals surface area contributed by atoms with Crippen LogP contribution in [0.4, 0.5) is 5.69 Å². The largest absolute Gasteiger partial charge is 0.497 e. The molecule has 2 aromatic rings. The van der Waals surface area contributed by atoms with Crippen molar-refractivity contribution in [1.29, 1.82) is 0 Å². The molecule has 0 unspecified atom stereocenters. The first kappa shape index (κ1) is 21.9. The van der Waals surface area contributed by atoms with E-state index in [1.165, 1.54) is 5.56 Å². The van der Waals surface area contributed by atoms with Crippen LogP contribution in [-0.2, 0) is 11.3 Å². The third kappa shape index (κ3) is 6.11. The third-order valence-electron chi connectivity index (χ3n) is 5.15. The Balaban J connectivity index is 1.46. The first-order valence-electron chi connectivity index (χ1n) is 10.3. The lowest BCUT2D eigenvalue weighted by Gasteiger charge is -2.34. The van der Waals surface area contributed by atoms with E-state index in [0.717, 1.165) is 38.5 Å². The predicted molar refractivity (Wildman–Crippen MR) is 118 cm³/mol. The molecule has 30 heavy (non-hydrogen) atoms. The van der Waals surface area contributed by atoms with Crippen LogP contribution in [0.15, 0.2) is 42.5 Å². The molecule has 1 heterocycles. The van der Waals surface area contributed by atoms with Crippen molar-refractivity contribution in [3.8, 4) is 17.2 Å². The zero-order chi connectivity index (χ0) is 21.3. The van der Waals surface area contributed by atoms with Crippen LogP contribution in [0.2, 0.25) is 0 Å². The van der Waals surface area contributed by atoms with Crippen molar-refractivity contribution in [1.82, 2.24) is 9.80 Å². The number of nitrogens with one attached hydrogen (secondary N) is 1. The van der Waals surface area contributed by atoms with Crippen molar-refractivity contribution < 1.29 is 19.0 Å². The summed E-state index contributed by atoms with van der Waals surface area (Å²) in [7, 11) is 3.18. The Labute approximate surface area is 178 Å². The van der Waals surface area contributed by atoms with E-state index in [4.69, 9.17) is 14.2 Å². The van der Waals surface area contributed by atoms with Gasteiger partial charge >= 0.3 is 0 Å². The number of methoxy groups -OCH3 is 2. The minimum Gasteiger partial charge on any atom is -0.497 e. The van der Waals surface area contributed by atoms with E-state index in [0.29, 0.717) is 30.3 Å². The minimum atomic E-state index is -0.0542. The monoisotopic (exact) mass is 413 g/mol. The van der Waals surface area contributed by atoms with E-state index >= 15 is 0 Å². The molecule has 1 saturated heterocycles. The van der Waals surface area contributed by atoms with Crippen molar-refractivity contribution in [2.75, 3.05) is 58.9 Å². The highest BCUT2D eigenvalue weighted by Crippen LogP contribution is 2.28. The van der Waals surface area contributed by atoms with E-state index in [2.05, 4.69) is 27.2 Å². The van der Waals surface area contributed by atoms with Crippen LogP contribution in [0.25, 0.3) is 0 Å². The van der Waals surface area contributed by atoms with Gasteiger partial charge in [0.15, 0.2) is 0 Å². The smallest absolute Gasteiger partial charge is 0.238 e. The molecule has 7 heteroatoms. The van der Waals surface area contributed by atoms with Gasteiger partial charge in [0.1, 0.15) is 17.2 Å². The molecule has 0 aromatic heterocycles. The number of hydrogen-bond acceptors (Lipinski definition) is 6. The average Bonchev–Trinajstić information content (AvgIpc) is 2.76. The number of benzene rings is 2. The molecule has 0 radical (unpaired) electrons. The second-order valence-corrected chi connectivity index (χ2v) is 7.24. The fourth-order valence-corrected chi connectivity index (χ4v) is 3.53. The van der Waals surface area contributed by atoms with Crippen LogP contribution < -0.4 is 19.5 Å². The Morgan fingerprint density at radius 3 is 2.23 bits per heavy atom. The molecule has 1 fully saturated rings. The number of anilines is 1. The molecular formula is C23H31N3O4. The fourth-order valence-electron chi connectivity index (χ4n) is 3.53. The summed E-state index contributed by atoms with van der Waals surface area (Å²) in [5, 5.41) is 2.94. The van der Waals surface area contributed by atoms with Gasteiger partial charge in [0.25, 0.3) is 0 Å². The number of nitrogens with zero attached hydrogens (tertiary/aromatic N) is 2. The summed E-state index contributed by atoms with van der Waals surface area (Å²) in [5.41, 5.74) is 1.89. The number of rotatable bonds is 9. The van der Waals surface area contributed by atoms with Gasteiger partial charge in [0.05, 0.1) is 33.1 Å². The van der Waals surface area contributed by atoms with Crippen molar-refractivity contribution in [3.63, 3.8) is 0 Å². The Kier molecular flexibility index (Phi) is 7.93. The summed E-state index contributed by atoms with van der Waals surface area (Å²) in [6, 6.07) is 13.6. The van der Waals surface area contributed by atoms with Gasteiger partial charge in [0.2, 0.25) is 5.91 Å². The van der Waals surface area contributed by atoms with Gasteiger partial charge in [-0.3, -0.25) is 14.6 Å². The molecule has 162 valence electrons. The lowest BCUT2D eigenvalue weighted by molar-refractivity contribution is -0.117. The van der Waals surface area contributed by atoms with E-state index < -0.39 is 0 Å². The van der Waals surface area contributed by atoms with Crippen LogP contribution in [0.3, 0.4) is 0 Å². The quantitative estimate of drug-likeness (QED) is 0.682. The van der Waals surface area contributed by atoms with E-state index in [1.54, 1.807) is 32.4 Å². The Morgan fingerprint density at radius 2 is 1.60 bits per heavy atom. The maximum absolute atomic E-state index is 12.5. The van der Waals surface area contributed by atoms with E-state index in [9.17, 15) is 4.79 Å². The molecule has 0 saturated carbocycles. The zero-order valence-corrected chi connectivity index (χ0v) is 18.0.